The first-order chi connectivity index (χ1) is 13.2. The molecular formula is C23H31N3O. The molecule has 1 saturated heterocycles. The van der Waals surface area contributed by atoms with Gasteiger partial charge >= 0.3 is 0 Å². The molecule has 1 spiro atoms. The van der Waals surface area contributed by atoms with Gasteiger partial charge in [0.1, 0.15) is 0 Å². The molecule has 1 aliphatic carbocycles. The Balaban J connectivity index is 1.45. The van der Waals surface area contributed by atoms with Crippen LogP contribution in [0.1, 0.15) is 74.9 Å². The fourth-order valence-corrected chi connectivity index (χ4v) is 5.11. The molecule has 0 bridgehead atoms. The third-order valence-electron chi connectivity index (χ3n) is 6.55. The minimum Gasteiger partial charge on any atom is -0.375 e. The maximum atomic E-state index is 6.34. The van der Waals surface area contributed by atoms with Crippen LogP contribution < -0.4 is 0 Å². The average molecular weight is 366 g/mol. The Kier molecular flexibility index (Phi) is 5.53. The van der Waals surface area contributed by atoms with Crippen LogP contribution in [0.2, 0.25) is 0 Å². The lowest BCUT2D eigenvalue weighted by atomic mass is 9.67. The number of aryl methyl sites for hydroxylation is 2. The molecule has 0 aromatic carbocycles. The topological polar surface area (TPSA) is 47.9 Å². The molecule has 4 heteroatoms. The van der Waals surface area contributed by atoms with E-state index in [2.05, 4.69) is 22.1 Å². The lowest BCUT2D eigenvalue weighted by Gasteiger charge is -2.46. The molecule has 2 aromatic rings. The maximum absolute atomic E-state index is 6.34. The maximum Gasteiger partial charge on any atom is 0.0691 e. The van der Waals surface area contributed by atoms with Gasteiger partial charge in [0, 0.05) is 36.3 Å². The second kappa shape index (κ2) is 8.05. The van der Waals surface area contributed by atoms with Gasteiger partial charge in [0.2, 0.25) is 0 Å². The molecule has 1 saturated carbocycles. The van der Waals surface area contributed by atoms with E-state index in [9.17, 15) is 0 Å². The Morgan fingerprint density at radius 1 is 1.00 bits per heavy atom. The molecule has 2 fully saturated rings. The zero-order valence-electron chi connectivity index (χ0n) is 16.5. The van der Waals surface area contributed by atoms with Gasteiger partial charge in [-0.25, -0.2) is 0 Å². The summed E-state index contributed by atoms with van der Waals surface area (Å²) in [6.07, 6.45) is 17.6. The van der Waals surface area contributed by atoms with Gasteiger partial charge < -0.3 is 4.74 Å². The number of hydrogen-bond acceptors (Lipinski definition) is 4. The van der Waals surface area contributed by atoms with Crippen molar-refractivity contribution in [2.24, 2.45) is 0 Å². The van der Waals surface area contributed by atoms with Crippen LogP contribution in [0.4, 0.5) is 0 Å². The van der Waals surface area contributed by atoms with Crippen molar-refractivity contribution in [2.75, 3.05) is 6.61 Å². The molecule has 2 aromatic heterocycles. The van der Waals surface area contributed by atoms with E-state index in [1.54, 1.807) is 0 Å². The fraction of sp³-hybridized carbons (Fsp3) is 0.609. The molecule has 144 valence electrons. The second-order valence-corrected chi connectivity index (χ2v) is 8.52. The molecule has 4 rings (SSSR count). The largest absolute Gasteiger partial charge is 0.375 e. The molecule has 27 heavy (non-hydrogen) atoms. The van der Waals surface area contributed by atoms with Crippen LogP contribution in [0.5, 0.6) is 0 Å². The van der Waals surface area contributed by atoms with Gasteiger partial charge in [-0.05, 0) is 64.0 Å². The summed E-state index contributed by atoms with van der Waals surface area (Å²) < 4.78 is 6.34. The quantitative estimate of drug-likeness (QED) is 0.679. The number of aromatic nitrogens is 3. The van der Waals surface area contributed by atoms with E-state index in [1.165, 1.54) is 44.2 Å². The molecule has 0 N–H and O–H groups in total. The molecule has 1 aliphatic heterocycles. The van der Waals surface area contributed by atoms with E-state index in [0.717, 1.165) is 43.7 Å². The number of pyridine rings is 1. The summed E-state index contributed by atoms with van der Waals surface area (Å²) in [5, 5.41) is 0. The van der Waals surface area contributed by atoms with Crippen LogP contribution in [0, 0.1) is 6.92 Å². The van der Waals surface area contributed by atoms with Crippen LogP contribution in [-0.4, -0.2) is 27.2 Å². The van der Waals surface area contributed by atoms with Gasteiger partial charge in [-0.15, -0.1) is 0 Å². The summed E-state index contributed by atoms with van der Waals surface area (Å²) in [4.78, 5) is 13.7. The Bertz CT molecular complexity index is 725. The lowest BCUT2D eigenvalue weighted by molar-refractivity contribution is -0.104. The zero-order valence-corrected chi connectivity index (χ0v) is 16.5. The number of hydrogen-bond donors (Lipinski definition) is 0. The van der Waals surface area contributed by atoms with Crippen molar-refractivity contribution in [1.82, 2.24) is 15.0 Å². The molecule has 3 heterocycles. The Morgan fingerprint density at radius 3 is 2.63 bits per heavy atom. The summed E-state index contributed by atoms with van der Waals surface area (Å²) in [5.41, 5.74) is 3.64. The molecule has 0 amide bonds. The fourth-order valence-electron chi connectivity index (χ4n) is 5.11. The third kappa shape index (κ3) is 4.21. The van der Waals surface area contributed by atoms with Gasteiger partial charge in [0.25, 0.3) is 0 Å². The van der Waals surface area contributed by atoms with E-state index in [1.807, 2.05) is 31.6 Å². The van der Waals surface area contributed by atoms with Gasteiger partial charge in [-0.1, -0.05) is 25.3 Å². The van der Waals surface area contributed by atoms with Gasteiger partial charge in [-0.3, -0.25) is 15.0 Å². The Morgan fingerprint density at radius 2 is 1.89 bits per heavy atom. The number of nitrogens with zero attached hydrogens (tertiary/aromatic N) is 3. The highest BCUT2D eigenvalue weighted by Gasteiger charge is 2.48. The van der Waals surface area contributed by atoms with Crippen molar-refractivity contribution in [3.63, 3.8) is 0 Å². The highest BCUT2D eigenvalue weighted by atomic mass is 16.5. The summed E-state index contributed by atoms with van der Waals surface area (Å²) in [6.45, 7) is 2.86. The van der Waals surface area contributed by atoms with E-state index in [-0.39, 0.29) is 11.0 Å². The SMILES string of the molecule is Cc1cnc(CCCCC2(c3ccccn3)CCOC3(CCCC3)C2)cn1. The van der Waals surface area contributed by atoms with Crippen molar-refractivity contribution < 1.29 is 4.74 Å². The number of ether oxygens (including phenoxy) is 1. The summed E-state index contributed by atoms with van der Waals surface area (Å²) >= 11 is 0. The first-order valence-electron chi connectivity index (χ1n) is 10.5. The molecule has 1 atom stereocenters. The Hall–Kier alpha value is -1.81. The first kappa shape index (κ1) is 18.5. The van der Waals surface area contributed by atoms with Crippen LogP contribution in [0.15, 0.2) is 36.8 Å². The highest BCUT2D eigenvalue weighted by Crippen LogP contribution is 2.50. The van der Waals surface area contributed by atoms with Crippen molar-refractivity contribution in [2.45, 2.75) is 82.1 Å². The molecular weight excluding hydrogens is 334 g/mol. The number of unbranched alkanes of at least 4 members (excludes halogenated alkanes) is 1. The van der Waals surface area contributed by atoms with Gasteiger partial charge in [0.05, 0.1) is 17.0 Å². The van der Waals surface area contributed by atoms with Crippen molar-refractivity contribution in [1.29, 1.82) is 0 Å². The Labute approximate surface area is 162 Å². The molecule has 2 aliphatic rings. The predicted molar refractivity (Wildman–Crippen MR) is 107 cm³/mol. The van der Waals surface area contributed by atoms with Crippen LogP contribution in [0.3, 0.4) is 0 Å². The lowest BCUT2D eigenvalue weighted by Crippen LogP contribution is -2.46. The molecule has 1 unspecified atom stereocenters. The first-order valence-corrected chi connectivity index (χ1v) is 10.5. The van der Waals surface area contributed by atoms with Crippen molar-refractivity contribution >= 4 is 0 Å². The second-order valence-electron chi connectivity index (χ2n) is 8.52. The van der Waals surface area contributed by atoms with E-state index in [0.29, 0.717) is 0 Å². The minimum absolute atomic E-state index is 0.109. The van der Waals surface area contributed by atoms with Gasteiger partial charge in [0.15, 0.2) is 0 Å². The van der Waals surface area contributed by atoms with E-state index >= 15 is 0 Å². The van der Waals surface area contributed by atoms with Crippen LogP contribution >= 0.6 is 0 Å². The average Bonchev–Trinajstić information content (AvgIpc) is 3.15. The van der Waals surface area contributed by atoms with Crippen LogP contribution in [0.25, 0.3) is 0 Å². The monoisotopic (exact) mass is 365 g/mol. The molecule has 0 radical (unpaired) electrons. The van der Waals surface area contributed by atoms with E-state index in [4.69, 9.17) is 9.72 Å². The standard InChI is InChI=1S/C23H31N3O/c1-19-16-26-20(17-25-19)8-2-4-10-22(21-9-3-7-14-24-21)13-15-27-23(18-22)11-5-6-12-23/h3,7,9,14,16-17H,2,4-6,8,10-13,15,18H2,1H3. The predicted octanol–water partition coefficient (Wildman–Crippen LogP) is 4.95. The molecule has 4 nitrogen and oxygen atoms in total. The summed E-state index contributed by atoms with van der Waals surface area (Å²) in [6, 6.07) is 6.40. The number of rotatable bonds is 6. The smallest absolute Gasteiger partial charge is 0.0691 e. The zero-order chi connectivity index (χ0) is 18.6. The van der Waals surface area contributed by atoms with Crippen molar-refractivity contribution in [3.05, 3.63) is 53.9 Å². The third-order valence-corrected chi connectivity index (χ3v) is 6.55. The van der Waals surface area contributed by atoms with E-state index < -0.39 is 0 Å². The highest BCUT2D eigenvalue weighted by molar-refractivity contribution is 5.20. The normalized spacial score (nSPS) is 24.3. The van der Waals surface area contributed by atoms with Gasteiger partial charge in [-0.2, -0.15) is 0 Å². The summed E-state index contributed by atoms with van der Waals surface area (Å²) in [5.74, 6) is 0. The van der Waals surface area contributed by atoms with Crippen LogP contribution in [-0.2, 0) is 16.6 Å². The minimum atomic E-state index is 0.109. The van der Waals surface area contributed by atoms with Crippen molar-refractivity contribution in [3.8, 4) is 0 Å². The summed E-state index contributed by atoms with van der Waals surface area (Å²) in [7, 11) is 0.